The van der Waals surface area contributed by atoms with Crippen molar-refractivity contribution < 1.29 is 4.74 Å². The number of hydrazine groups is 1. The van der Waals surface area contributed by atoms with Gasteiger partial charge in [0.05, 0.1) is 22.2 Å². The molecule has 3 N–H and O–H groups in total. The molecule has 19 heavy (non-hydrogen) atoms. The zero-order chi connectivity index (χ0) is 14.6. The van der Waals surface area contributed by atoms with Crippen molar-refractivity contribution in [2.24, 2.45) is 11.3 Å². The molecule has 0 fully saturated rings. The fourth-order valence-electron chi connectivity index (χ4n) is 2.32. The van der Waals surface area contributed by atoms with Gasteiger partial charge in [-0.1, -0.05) is 56.1 Å². The standard InChI is InChI=1S/C14H22Cl2N2O/c1-14(2,3)13(19-4)11(18-17)8-9-6-5-7-10(15)12(9)16/h5-7,11,13,18H,8,17H2,1-4H3. The van der Waals surface area contributed by atoms with Gasteiger partial charge in [-0.2, -0.15) is 0 Å². The molecule has 0 aliphatic heterocycles. The van der Waals surface area contributed by atoms with Gasteiger partial charge < -0.3 is 4.74 Å². The predicted molar refractivity (Wildman–Crippen MR) is 81.5 cm³/mol. The molecule has 0 saturated carbocycles. The first-order chi connectivity index (χ1) is 8.81. The summed E-state index contributed by atoms with van der Waals surface area (Å²) in [4.78, 5) is 0. The third-order valence-electron chi connectivity index (χ3n) is 3.16. The van der Waals surface area contributed by atoms with Crippen molar-refractivity contribution in [1.29, 1.82) is 0 Å². The van der Waals surface area contributed by atoms with E-state index in [1.165, 1.54) is 0 Å². The Morgan fingerprint density at radius 1 is 1.32 bits per heavy atom. The van der Waals surface area contributed by atoms with E-state index in [2.05, 4.69) is 26.2 Å². The topological polar surface area (TPSA) is 47.3 Å². The Labute approximate surface area is 125 Å². The zero-order valence-corrected chi connectivity index (χ0v) is 13.3. The summed E-state index contributed by atoms with van der Waals surface area (Å²) in [6, 6.07) is 5.57. The zero-order valence-electron chi connectivity index (χ0n) is 11.8. The van der Waals surface area contributed by atoms with Gasteiger partial charge in [-0.25, -0.2) is 0 Å². The number of methoxy groups -OCH3 is 1. The van der Waals surface area contributed by atoms with Gasteiger partial charge in [-0.3, -0.25) is 11.3 Å². The SMILES string of the molecule is COC(C(Cc1cccc(Cl)c1Cl)NN)C(C)(C)C. The summed E-state index contributed by atoms with van der Waals surface area (Å²) < 4.78 is 5.59. The largest absolute Gasteiger partial charge is 0.379 e. The van der Waals surface area contributed by atoms with Crippen LogP contribution in [0.25, 0.3) is 0 Å². The maximum Gasteiger partial charge on any atom is 0.0789 e. The van der Waals surface area contributed by atoms with Gasteiger partial charge in [0.25, 0.3) is 0 Å². The molecule has 0 amide bonds. The van der Waals surface area contributed by atoms with E-state index in [0.29, 0.717) is 16.5 Å². The first kappa shape index (κ1) is 16.7. The third kappa shape index (κ3) is 4.33. The minimum Gasteiger partial charge on any atom is -0.379 e. The third-order valence-corrected chi connectivity index (χ3v) is 4.02. The Hall–Kier alpha value is -0.320. The van der Waals surface area contributed by atoms with E-state index in [-0.39, 0.29) is 17.6 Å². The lowest BCUT2D eigenvalue weighted by Crippen LogP contribution is -2.51. The fourth-order valence-corrected chi connectivity index (χ4v) is 2.72. The summed E-state index contributed by atoms with van der Waals surface area (Å²) in [5.74, 6) is 5.68. The number of halogens is 2. The first-order valence-electron chi connectivity index (χ1n) is 6.23. The molecule has 108 valence electrons. The highest BCUT2D eigenvalue weighted by Gasteiger charge is 2.32. The molecular weight excluding hydrogens is 283 g/mol. The molecule has 1 aromatic carbocycles. The Morgan fingerprint density at radius 2 is 1.95 bits per heavy atom. The summed E-state index contributed by atoms with van der Waals surface area (Å²) >= 11 is 12.2. The molecule has 2 atom stereocenters. The van der Waals surface area contributed by atoms with Crippen LogP contribution in [0.4, 0.5) is 0 Å². The molecule has 0 aromatic heterocycles. The molecule has 0 bridgehead atoms. The Morgan fingerprint density at radius 3 is 2.42 bits per heavy atom. The summed E-state index contributed by atoms with van der Waals surface area (Å²) in [5.41, 5.74) is 3.76. The minimum atomic E-state index is -0.0408. The summed E-state index contributed by atoms with van der Waals surface area (Å²) in [6.45, 7) is 6.35. The Bertz CT molecular complexity index is 418. The number of benzene rings is 1. The quantitative estimate of drug-likeness (QED) is 0.647. The van der Waals surface area contributed by atoms with E-state index in [1.807, 2.05) is 12.1 Å². The van der Waals surface area contributed by atoms with E-state index >= 15 is 0 Å². The van der Waals surface area contributed by atoms with Crippen LogP contribution >= 0.6 is 23.2 Å². The van der Waals surface area contributed by atoms with Crippen molar-refractivity contribution in [2.75, 3.05) is 7.11 Å². The number of nitrogens with two attached hydrogens (primary N) is 1. The molecule has 0 aliphatic carbocycles. The number of ether oxygens (including phenoxy) is 1. The second-order valence-corrected chi connectivity index (χ2v) is 6.50. The highest BCUT2D eigenvalue weighted by atomic mass is 35.5. The van der Waals surface area contributed by atoms with Gasteiger partial charge in [0, 0.05) is 7.11 Å². The van der Waals surface area contributed by atoms with E-state index in [0.717, 1.165) is 5.56 Å². The molecule has 0 saturated heterocycles. The smallest absolute Gasteiger partial charge is 0.0789 e. The van der Waals surface area contributed by atoms with Crippen molar-refractivity contribution >= 4 is 23.2 Å². The van der Waals surface area contributed by atoms with Crippen LogP contribution in [0.5, 0.6) is 0 Å². The lowest BCUT2D eigenvalue weighted by Gasteiger charge is -2.35. The van der Waals surface area contributed by atoms with Gasteiger partial charge in [0.1, 0.15) is 0 Å². The van der Waals surface area contributed by atoms with Crippen LogP contribution in [-0.4, -0.2) is 19.3 Å². The number of nitrogens with one attached hydrogen (secondary N) is 1. The molecule has 0 aliphatic rings. The van der Waals surface area contributed by atoms with Crippen LogP contribution in [0.2, 0.25) is 10.0 Å². The number of hydrogen-bond acceptors (Lipinski definition) is 3. The van der Waals surface area contributed by atoms with Gasteiger partial charge in [0.2, 0.25) is 0 Å². The van der Waals surface area contributed by atoms with Crippen molar-refractivity contribution in [3.63, 3.8) is 0 Å². The second kappa shape index (κ2) is 6.91. The molecule has 5 heteroatoms. The average molecular weight is 305 g/mol. The van der Waals surface area contributed by atoms with Crippen molar-refractivity contribution in [2.45, 2.75) is 39.3 Å². The van der Waals surface area contributed by atoms with Crippen molar-refractivity contribution in [3.8, 4) is 0 Å². The molecule has 1 aromatic rings. The van der Waals surface area contributed by atoms with Crippen LogP contribution in [-0.2, 0) is 11.2 Å². The summed E-state index contributed by atoms with van der Waals surface area (Å²) in [5, 5.41) is 1.13. The minimum absolute atomic E-state index is 0.0309. The van der Waals surface area contributed by atoms with E-state index in [1.54, 1.807) is 13.2 Å². The summed E-state index contributed by atoms with van der Waals surface area (Å²) in [7, 11) is 1.69. The van der Waals surface area contributed by atoms with Crippen LogP contribution < -0.4 is 11.3 Å². The van der Waals surface area contributed by atoms with Gasteiger partial charge in [-0.15, -0.1) is 0 Å². The molecule has 1 rings (SSSR count). The first-order valence-corrected chi connectivity index (χ1v) is 6.98. The molecular formula is C14H22Cl2N2O. The Balaban J connectivity index is 2.96. The van der Waals surface area contributed by atoms with Crippen LogP contribution in [0.1, 0.15) is 26.3 Å². The summed E-state index contributed by atoms with van der Waals surface area (Å²) in [6.07, 6.45) is 0.624. The van der Waals surface area contributed by atoms with E-state index in [4.69, 9.17) is 33.8 Å². The highest BCUT2D eigenvalue weighted by molar-refractivity contribution is 6.42. The molecule has 2 unspecified atom stereocenters. The van der Waals surface area contributed by atoms with Gasteiger partial charge in [-0.05, 0) is 23.5 Å². The number of hydrogen-bond donors (Lipinski definition) is 2. The van der Waals surface area contributed by atoms with Crippen LogP contribution in [0, 0.1) is 5.41 Å². The lowest BCUT2D eigenvalue weighted by atomic mass is 9.82. The molecule has 0 heterocycles. The predicted octanol–water partition coefficient (Wildman–Crippen LogP) is 3.43. The fraction of sp³-hybridized carbons (Fsp3) is 0.571. The molecule has 0 radical (unpaired) electrons. The van der Waals surface area contributed by atoms with E-state index in [9.17, 15) is 0 Å². The second-order valence-electron chi connectivity index (χ2n) is 5.71. The van der Waals surface area contributed by atoms with Crippen LogP contribution in [0.15, 0.2) is 18.2 Å². The maximum absolute atomic E-state index is 6.22. The van der Waals surface area contributed by atoms with Crippen molar-refractivity contribution in [1.82, 2.24) is 5.43 Å². The van der Waals surface area contributed by atoms with Crippen LogP contribution in [0.3, 0.4) is 0 Å². The molecule has 3 nitrogen and oxygen atoms in total. The monoisotopic (exact) mass is 304 g/mol. The maximum atomic E-state index is 6.22. The lowest BCUT2D eigenvalue weighted by molar-refractivity contribution is -0.0110. The number of rotatable bonds is 5. The van der Waals surface area contributed by atoms with Gasteiger partial charge >= 0.3 is 0 Å². The molecule has 0 spiro atoms. The normalized spacial score (nSPS) is 15.3. The Kier molecular flexibility index (Phi) is 6.09. The highest BCUT2D eigenvalue weighted by Crippen LogP contribution is 2.30. The van der Waals surface area contributed by atoms with Gasteiger partial charge in [0.15, 0.2) is 0 Å². The van der Waals surface area contributed by atoms with Crippen molar-refractivity contribution in [3.05, 3.63) is 33.8 Å². The average Bonchev–Trinajstić information content (AvgIpc) is 2.32. The van der Waals surface area contributed by atoms with E-state index < -0.39 is 0 Å².